The minimum Gasteiger partial charge on any atom is -0.546 e. The van der Waals surface area contributed by atoms with E-state index >= 15 is 0 Å². The summed E-state index contributed by atoms with van der Waals surface area (Å²) in [6, 6.07) is 11.3. The molecule has 1 atom stereocenters. The maximum Gasteiger partial charge on any atom is 0.338 e. The quantitative estimate of drug-likeness (QED) is 0.454. The van der Waals surface area contributed by atoms with Gasteiger partial charge >= 0.3 is 5.97 Å². The van der Waals surface area contributed by atoms with E-state index in [1.807, 2.05) is 0 Å². The molecule has 2 aromatic carbocycles. The third kappa shape index (κ3) is 5.07. The Morgan fingerprint density at radius 3 is 2.66 bits per heavy atom. The number of ether oxygens (including phenoxy) is 2. The summed E-state index contributed by atoms with van der Waals surface area (Å²) < 4.78 is 25.7. The summed E-state index contributed by atoms with van der Waals surface area (Å²) in [5.74, 6) is -2.09. The second-order valence-corrected chi connectivity index (χ2v) is 8.60. The summed E-state index contributed by atoms with van der Waals surface area (Å²) in [6.45, 7) is 2.89. The predicted molar refractivity (Wildman–Crippen MR) is 124 cm³/mol. The van der Waals surface area contributed by atoms with Crippen molar-refractivity contribution >= 4 is 29.4 Å². The van der Waals surface area contributed by atoms with Crippen molar-refractivity contribution < 1.29 is 28.6 Å². The highest BCUT2D eigenvalue weighted by Gasteiger charge is 2.33. The number of allylic oxidation sites excluding steroid dienone is 1. The smallest absolute Gasteiger partial charge is 0.338 e. The van der Waals surface area contributed by atoms with E-state index in [1.54, 1.807) is 44.2 Å². The van der Waals surface area contributed by atoms with Crippen molar-refractivity contribution in [1.82, 2.24) is 4.57 Å². The van der Waals surface area contributed by atoms with E-state index in [0.717, 1.165) is 11.3 Å². The lowest BCUT2D eigenvalue weighted by molar-refractivity contribution is -0.307. The number of hydrogen-bond acceptors (Lipinski definition) is 8. The molecule has 0 saturated carbocycles. The highest BCUT2D eigenvalue weighted by Crippen LogP contribution is 2.30. The molecule has 4 rings (SSSR count). The number of rotatable bonds is 7. The van der Waals surface area contributed by atoms with Crippen LogP contribution in [0.2, 0.25) is 0 Å². The van der Waals surface area contributed by atoms with Gasteiger partial charge in [-0.15, -0.1) is 0 Å². The molecular weight excluding hydrogens is 475 g/mol. The van der Waals surface area contributed by atoms with Crippen LogP contribution in [-0.2, 0) is 14.3 Å². The van der Waals surface area contributed by atoms with E-state index in [2.05, 4.69) is 4.99 Å². The van der Waals surface area contributed by atoms with Crippen molar-refractivity contribution in [3.05, 3.63) is 96.4 Å². The van der Waals surface area contributed by atoms with Gasteiger partial charge in [-0.2, -0.15) is 0 Å². The maximum absolute atomic E-state index is 13.6. The van der Waals surface area contributed by atoms with Crippen molar-refractivity contribution in [1.29, 1.82) is 0 Å². The lowest BCUT2D eigenvalue weighted by atomic mass is 9.96. The Hall–Kier alpha value is -4.05. The van der Waals surface area contributed by atoms with E-state index in [4.69, 9.17) is 9.47 Å². The van der Waals surface area contributed by atoms with Crippen LogP contribution in [0.25, 0.3) is 6.08 Å². The summed E-state index contributed by atoms with van der Waals surface area (Å²) in [7, 11) is 0. The molecule has 0 N–H and O–H groups in total. The van der Waals surface area contributed by atoms with Crippen LogP contribution in [0.15, 0.2) is 69.6 Å². The van der Waals surface area contributed by atoms with Crippen molar-refractivity contribution in [2.45, 2.75) is 19.9 Å². The van der Waals surface area contributed by atoms with Gasteiger partial charge in [0.25, 0.3) is 5.56 Å². The van der Waals surface area contributed by atoms with Gasteiger partial charge in [-0.25, -0.2) is 14.2 Å². The highest BCUT2D eigenvalue weighted by molar-refractivity contribution is 7.07. The summed E-state index contributed by atoms with van der Waals surface area (Å²) in [5, 5.41) is 10.7. The minimum atomic E-state index is -1.35. The third-order valence-corrected chi connectivity index (χ3v) is 6.20. The standard InChI is InChI=1S/C25H21FN2O6S/c1-3-33-24(32)21-14(2)27-25-28(22(21)16-7-9-17(26)10-8-16)23(31)19(35-25)12-15-5-4-6-18(11-15)34-13-20(29)30/h4-12,22H,3,13H2,1-2H3,(H,29,30)/p-1/b19-12-/t22-/m0/s1. The van der Waals surface area contributed by atoms with Gasteiger partial charge in [0.15, 0.2) is 4.80 Å². The maximum atomic E-state index is 13.6. The Bertz CT molecular complexity index is 1500. The summed E-state index contributed by atoms with van der Waals surface area (Å²) in [6.07, 6.45) is 1.63. The van der Waals surface area contributed by atoms with Gasteiger partial charge in [-0.1, -0.05) is 35.6 Å². The summed E-state index contributed by atoms with van der Waals surface area (Å²) in [4.78, 5) is 41.9. The number of nitrogens with zero attached hydrogens (tertiary/aromatic N) is 2. The molecule has 0 fully saturated rings. The first-order chi connectivity index (χ1) is 16.8. The lowest BCUT2D eigenvalue weighted by Gasteiger charge is -2.24. The molecule has 0 amide bonds. The zero-order valence-electron chi connectivity index (χ0n) is 18.8. The molecule has 1 aliphatic heterocycles. The highest BCUT2D eigenvalue weighted by atomic mass is 32.1. The number of carboxylic acids is 1. The third-order valence-electron chi connectivity index (χ3n) is 5.22. The zero-order chi connectivity index (χ0) is 25.1. The fourth-order valence-corrected chi connectivity index (χ4v) is 4.79. The molecule has 1 aliphatic rings. The number of aromatic nitrogens is 1. The number of aliphatic carboxylic acids is 1. The SMILES string of the molecule is CCOC(=O)C1=C(C)N=c2s/c(=C\c3cccc(OCC(=O)[O-])c3)c(=O)n2[C@H]1c1ccc(F)cc1. The Morgan fingerprint density at radius 1 is 1.23 bits per heavy atom. The Labute approximate surface area is 202 Å². The molecule has 0 spiro atoms. The predicted octanol–water partition coefficient (Wildman–Crippen LogP) is 1.07. The van der Waals surface area contributed by atoms with E-state index in [0.29, 0.717) is 31.9 Å². The van der Waals surface area contributed by atoms with Gasteiger partial charge in [0, 0.05) is 0 Å². The monoisotopic (exact) mass is 495 g/mol. The van der Waals surface area contributed by atoms with Gasteiger partial charge < -0.3 is 19.4 Å². The molecule has 10 heteroatoms. The van der Waals surface area contributed by atoms with Gasteiger partial charge in [-0.3, -0.25) is 9.36 Å². The first-order valence-electron chi connectivity index (χ1n) is 10.7. The largest absolute Gasteiger partial charge is 0.546 e. The summed E-state index contributed by atoms with van der Waals surface area (Å²) >= 11 is 1.14. The first-order valence-corrected chi connectivity index (χ1v) is 11.5. The molecule has 0 saturated heterocycles. The van der Waals surface area contributed by atoms with Crippen molar-refractivity contribution in [2.75, 3.05) is 13.2 Å². The number of halogens is 1. The van der Waals surface area contributed by atoms with E-state index in [-0.39, 0.29) is 12.2 Å². The minimum absolute atomic E-state index is 0.145. The number of esters is 1. The average Bonchev–Trinajstić information content (AvgIpc) is 3.12. The Kier molecular flexibility index (Phi) is 6.92. The van der Waals surface area contributed by atoms with Crippen LogP contribution >= 0.6 is 11.3 Å². The van der Waals surface area contributed by atoms with Gasteiger partial charge in [0.05, 0.1) is 34.4 Å². The number of carbonyl (C=O) groups excluding carboxylic acids is 2. The molecule has 0 bridgehead atoms. The number of carboxylic acid groups (broad SMARTS) is 1. The van der Waals surface area contributed by atoms with Crippen molar-refractivity contribution in [2.24, 2.45) is 4.99 Å². The second kappa shape index (κ2) is 10.1. The molecule has 0 unspecified atom stereocenters. The zero-order valence-corrected chi connectivity index (χ0v) is 19.6. The van der Waals surface area contributed by atoms with Crippen LogP contribution in [-0.4, -0.2) is 29.7 Å². The molecule has 2 heterocycles. The van der Waals surface area contributed by atoms with Gasteiger partial charge in [0.1, 0.15) is 18.2 Å². The topological polar surface area (TPSA) is 110 Å². The van der Waals surface area contributed by atoms with Crippen LogP contribution in [0.4, 0.5) is 4.39 Å². The van der Waals surface area contributed by atoms with Crippen LogP contribution in [0.5, 0.6) is 5.75 Å². The van der Waals surface area contributed by atoms with Crippen LogP contribution in [0.1, 0.15) is 31.0 Å². The molecule has 0 radical (unpaired) electrons. The Balaban J connectivity index is 1.85. The van der Waals surface area contributed by atoms with Gasteiger partial charge in [0.2, 0.25) is 0 Å². The molecule has 3 aromatic rings. The normalized spacial score (nSPS) is 15.4. The molecule has 0 aliphatic carbocycles. The molecular formula is C25H20FN2O6S-. The molecule has 8 nitrogen and oxygen atoms in total. The number of benzene rings is 2. The van der Waals surface area contributed by atoms with E-state index in [1.165, 1.54) is 28.8 Å². The van der Waals surface area contributed by atoms with E-state index < -0.39 is 36.0 Å². The molecule has 35 heavy (non-hydrogen) atoms. The van der Waals surface area contributed by atoms with Crippen LogP contribution in [0.3, 0.4) is 0 Å². The fourth-order valence-electron chi connectivity index (χ4n) is 3.74. The average molecular weight is 496 g/mol. The van der Waals surface area contributed by atoms with Crippen LogP contribution < -0.4 is 24.7 Å². The van der Waals surface area contributed by atoms with Crippen LogP contribution in [0, 0.1) is 5.82 Å². The van der Waals surface area contributed by atoms with E-state index in [9.17, 15) is 23.9 Å². The number of carbonyl (C=O) groups is 2. The Morgan fingerprint density at radius 2 is 1.97 bits per heavy atom. The van der Waals surface area contributed by atoms with Crippen molar-refractivity contribution in [3.63, 3.8) is 0 Å². The number of fused-ring (bicyclic) bond motifs is 1. The second-order valence-electron chi connectivity index (χ2n) is 7.59. The summed E-state index contributed by atoms with van der Waals surface area (Å²) in [5.41, 5.74) is 1.36. The van der Waals surface area contributed by atoms with Crippen molar-refractivity contribution in [3.8, 4) is 5.75 Å². The molecule has 1 aromatic heterocycles. The fraction of sp³-hybridized carbons (Fsp3) is 0.200. The lowest BCUT2D eigenvalue weighted by Crippen LogP contribution is -2.39. The number of hydrogen-bond donors (Lipinski definition) is 0. The number of thiazole rings is 1. The molecule has 180 valence electrons. The van der Waals surface area contributed by atoms with Gasteiger partial charge in [-0.05, 0) is 55.3 Å². The first kappa shape index (κ1) is 24.1.